The Kier molecular flexibility index (Phi) is 20.5. The predicted molar refractivity (Wildman–Crippen MR) is 137 cm³/mol. The maximum Gasteiger partial charge on any atom is -0.0276 e. The lowest BCUT2D eigenvalue weighted by Gasteiger charge is -2.03. The van der Waals surface area contributed by atoms with E-state index < -0.39 is 0 Å². The summed E-state index contributed by atoms with van der Waals surface area (Å²) in [7, 11) is 0. The maximum absolute atomic E-state index is 3.38. The maximum atomic E-state index is 3.38. The minimum absolute atomic E-state index is 1.08. The average Bonchev–Trinajstić information content (AvgIpc) is 2.76. The molecule has 165 valence electrons. The molecule has 0 spiro atoms. The van der Waals surface area contributed by atoms with E-state index in [4.69, 9.17) is 0 Å². The Balaban J connectivity index is 2.29. The molecule has 0 saturated carbocycles. The van der Waals surface area contributed by atoms with Crippen LogP contribution in [0.2, 0.25) is 0 Å². The molecule has 0 unspecified atom stereocenters. The molecule has 0 bridgehead atoms. The van der Waals surface area contributed by atoms with Gasteiger partial charge in [-0.2, -0.15) is 0 Å². The molecular formula is C30H45. The van der Waals surface area contributed by atoms with Gasteiger partial charge in [0.1, 0.15) is 0 Å². The summed E-state index contributed by atoms with van der Waals surface area (Å²) in [4.78, 5) is 0. The minimum Gasteiger partial charge on any atom is -0.0845 e. The smallest absolute Gasteiger partial charge is 0.0276 e. The first kappa shape index (κ1) is 26.2. The second-order valence-corrected chi connectivity index (χ2v) is 8.21. The van der Waals surface area contributed by atoms with Gasteiger partial charge in [-0.3, -0.25) is 0 Å². The van der Waals surface area contributed by atoms with Crippen LogP contribution in [0.25, 0.3) is 0 Å². The number of allylic oxidation sites excluding steroid dienone is 14. The van der Waals surface area contributed by atoms with Gasteiger partial charge in [-0.15, -0.1) is 0 Å². The molecule has 0 heteroatoms. The van der Waals surface area contributed by atoms with Crippen LogP contribution in [0.3, 0.4) is 0 Å². The third-order valence-corrected chi connectivity index (χ3v) is 5.40. The van der Waals surface area contributed by atoms with E-state index in [0.29, 0.717) is 0 Å². The summed E-state index contributed by atoms with van der Waals surface area (Å²) < 4.78 is 0. The van der Waals surface area contributed by atoms with Crippen LogP contribution < -0.4 is 0 Å². The first-order valence-corrected chi connectivity index (χ1v) is 12.6. The zero-order valence-electron chi connectivity index (χ0n) is 19.3. The standard InChI is InChI=1S/C30H45/c1-2-4-6-8-10-12-14-16-18-20-22-24-26-28-30-29-27-25-23-21-19-17-15-13-11-9-7-5-3-1/h1-13H,14,16-30H2/b3-1-,4-2-,7-5-,8-6-,11-9-,12-10-,15-13?. The lowest BCUT2D eigenvalue weighted by molar-refractivity contribution is 0.534. The quantitative estimate of drug-likeness (QED) is 0.376. The van der Waals surface area contributed by atoms with Gasteiger partial charge >= 0.3 is 0 Å². The molecule has 0 aromatic heterocycles. The van der Waals surface area contributed by atoms with Gasteiger partial charge in [-0.05, 0) is 31.8 Å². The fraction of sp³-hybridized carbons (Fsp3) is 0.533. The molecule has 0 nitrogen and oxygen atoms in total. The van der Waals surface area contributed by atoms with E-state index in [0.717, 1.165) is 6.42 Å². The monoisotopic (exact) mass is 405 g/mol. The highest BCUT2D eigenvalue weighted by Crippen LogP contribution is 2.13. The third-order valence-electron chi connectivity index (χ3n) is 5.40. The first-order chi connectivity index (χ1) is 15.0. The van der Waals surface area contributed by atoms with Crippen molar-refractivity contribution in [2.45, 2.75) is 103 Å². The van der Waals surface area contributed by atoms with Gasteiger partial charge in [0.05, 0.1) is 0 Å². The Morgan fingerprint density at radius 1 is 0.333 bits per heavy atom. The number of hydrogen-bond donors (Lipinski definition) is 0. The van der Waals surface area contributed by atoms with E-state index in [-0.39, 0.29) is 0 Å². The molecule has 30 heavy (non-hydrogen) atoms. The van der Waals surface area contributed by atoms with Crippen molar-refractivity contribution in [3.63, 3.8) is 0 Å². The molecule has 0 heterocycles. The molecule has 1 aliphatic rings. The van der Waals surface area contributed by atoms with Crippen molar-refractivity contribution >= 4 is 0 Å². The highest BCUT2D eigenvalue weighted by atomic mass is 14.0. The van der Waals surface area contributed by atoms with Crippen LogP contribution in [0.4, 0.5) is 0 Å². The fourth-order valence-electron chi connectivity index (χ4n) is 3.57. The lowest BCUT2D eigenvalue weighted by atomic mass is 10.0. The predicted octanol–water partition coefficient (Wildman–Crippen LogP) is 9.94. The summed E-state index contributed by atoms with van der Waals surface area (Å²) in [5.41, 5.74) is 0. The van der Waals surface area contributed by atoms with Crippen LogP contribution in [0, 0.1) is 6.08 Å². The van der Waals surface area contributed by atoms with Gasteiger partial charge < -0.3 is 0 Å². The van der Waals surface area contributed by atoms with Crippen molar-refractivity contribution < 1.29 is 0 Å². The molecule has 0 N–H and O–H groups in total. The van der Waals surface area contributed by atoms with Gasteiger partial charge in [-0.25, -0.2) is 0 Å². The van der Waals surface area contributed by atoms with E-state index in [9.17, 15) is 0 Å². The zero-order chi connectivity index (χ0) is 21.2. The zero-order valence-corrected chi connectivity index (χ0v) is 19.3. The van der Waals surface area contributed by atoms with Gasteiger partial charge in [0.15, 0.2) is 0 Å². The minimum atomic E-state index is 1.08. The Bertz CT molecular complexity index is 501. The van der Waals surface area contributed by atoms with Crippen molar-refractivity contribution in [1.29, 1.82) is 0 Å². The summed E-state index contributed by atoms with van der Waals surface area (Å²) in [5, 5.41) is 0. The molecule has 1 rings (SSSR count). The van der Waals surface area contributed by atoms with Crippen molar-refractivity contribution in [3.8, 4) is 0 Å². The Labute approximate surface area is 187 Å². The van der Waals surface area contributed by atoms with Crippen LogP contribution in [0.15, 0.2) is 79.0 Å². The van der Waals surface area contributed by atoms with Crippen LogP contribution in [0.5, 0.6) is 0 Å². The SMILES string of the molecule is [C]1=C/C=C\C=C/C=C\C=C/C=C\C=C/CCCCCCCCCCCCCCCC\1. The van der Waals surface area contributed by atoms with Gasteiger partial charge in [0.25, 0.3) is 0 Å². The molecule has 0 saturated heterocycles. The fourth-order valence-corrected chi connectivity index (χ4v) is 3.57. The second kappa shape index (κ2) is 23.5. The average molecular weight is 406 g/mol. The van der Waals surface area contributed by atoms with Gasteiger partial charge in [0.2, 0.25) is 0 Å². The first-order valence-electron chi connectivity index (χ1n) is 12.6. The summed E-state index contributed by atoms with van der Waals surface area (Å²) in [5.74, 6) is 0. The van der Waals surface area contributed by atoms with Crippen molar-refractivity contribution in [2.75, 3.05) is 0 Å². The third kappa shape index (κ3) is 20.9. The molecular weight excluding hydrogens is 360 g/mol. The van der Waals surface area contributed by atoms with Crippen molar-refractivity contribution in [2.24, 2.45) is 0 Å². The van der Waals surface area contributed by atoms with E-state index in [2.05, 4.69) is 79.0 Å². The van der Waals surface area contributed by atoms with Gasteiger partial charge in [-0.1, -0.05) is 156 Å². The van der Waals surface area contributed by atoms with Crippen LogP contribution in [-0.2, 0) is 0 Å². The highest BCUT2D eigenvalue weighted by molar-refractivity contribution is 5.20. The van der Waals surface area contributed by atoms with Crippen LogP contribution in [-0.4, -0.2) is 0 Å². The number of hydrogen-bond acceptors (Lipinski definition) is 0. The molecule has 0 amide bonds. The molecule has 1 aliphatic carbocycles. The molecule has 0 atom stereocenters. The number of rotatable bonds is 0. The van der Waals surface area contributed by atoms with E-state index in [1.807, 2.05) is 6.08 Å². The Morgan fingerprint density at radius 3 is 1.20 bits per heavy atom. The molecule has 0 aliphatic heterocycles. The summed E-state index contributed by atoms with van der Waals surface area (Å²) in [6.07, 6.45) is 52.5. The van der Waals surface area contributed by atoms with E-state index in [1.54, 1.807) is 0 Å². The van der Waals surface area contributed by atoms with E-state index >= 15 is 0 Å². The van der Waals surface area contributed by atoms with Crippen molar-refractivity contribution in [3.05, 3.63) is 85.1 Å². The summed E-state index contributed by atoms with van der Waals surface area (Å²) in [6.45, 7) is 0. The Hall–Kier alpha value is -1.82. The van der Waals surface area contributed by atoms with E-state index in [1.165, 1.54) is 96.3 Å². The highest BCUT2D eigenvalue weighted by Gasteiger charge is 1.94. The second-order valence-electron chi connectivity index (χ2n) is 8.21. The summed E-state index contributed by atoms with van der Waals surface area (Å²) >= 11 is 0. The summed E-state index contributed by atoms with van der Waals surface area (Å²) in [6, 6.07) is 0. The molecule has 0 aromatic carbocycles. The lowest BCUT2D eigenvalue weighted by Crippen LogP contribution is -1.83. The molecule has 0 fully saturated rings. The van der Waals surface area contributed by atoms with Crippen molar-refractivity contribution in [1.82, 2.24) is 0 Å². The largest absolute Gasteiger partial charge is 0.0845 e. The molecule has 0 aromatic rings. The normalized spacial score (nSPS) is 27.7. The topological polar surface area (TPSA) is 0 Å². The Morgan fingerprint density at radius 2 is 0.700 bits per heavy atom. The van der Waals surface area contributed by atoms with Crippen LogP contribution >= 0.6 is 0 Å². The van der Waals surface area contributed by atoms with Crippen LogP contribution in [0.1, 0.15) is 103 Å². The van der Waals surface area contributed by atoms with Gasteiger partial charge in [0, 0.05) is 0 Å². The molecule has 1 radical (unpaired) electrons.